The summed E-state index contributed by atoms with van der Waals surface area (Å²) in [5.41, 5.74) is 4.96. The zero-order valence-electron chi connectivity index (χ0n) is 15.3. The van der Waals surface area contributed by atoms with E-state index in [1.807, 2.05) is 26.0 Å². The maximum Gasteiger partial charge on any atom is 0.261 e. The number of fused-ring (bicyclic) bond motifs is 1. The third-order valence-electron chi connectivity index (χ3n) is 4.96. The number of hydrogen-bond donors (Lipinski definition) is 1. The van der Waals surface area contributed by atoms with Gasteiger partial charge in [-0.15, -0.1) is 0 Å². The van der Waals surface area contributed by atoms with Crippen molar-refractivity contribution in [3.8, 4) is 5.75 Å². The molecule has 1 N–H and O–H groups in total. The second-order valence-corrected chi connectivity index (χ2v) is 7.00. The Hall–Kier alpha value is -2.29. The second-order valence-electron chi connectivity index (χ2n) is 7.00. The van der Waals surface area contributed by atoms with Crippen LogP contribution in [0.2, 0.25) is 0 Å². The Balaban J connectivity index is 1.64. The van der Waals surface area contributed by atoms with Gasteiger partial charge in [0, 0.05) is 0 Å². The fourth-order valence-electron chi connectivity index (χ4n) is 3.37. The van der Waals surface area contributed by atoms with Crippen LogP contribution in [0.25, 0.3) is 0 Å². The van der Waals surface area contributed by atoms with Gasteiger partial charge in [-0.1, -0.05) is 42.0 Å². The Kier molecular flexibility index (Phi) is 5.42. The Labute approximate surface area is 150 Å². The fourth-order valence-corrected chi connectivity index (χ4v) is 3.37. The lowest BCUT2D eigenvalue weighted by atomic mass is 9.91. The fraction of sp³-hybridized carbons (Fsp3) is 0.409. The summed E-state index contributed by atoms with van der Waals surface area (Å²) in [5, 5.41) is 3.05. The van der Waals surface area contributed by atoms with E-state index in [9.17, 15) is 4.79 Å². The molecule has 0 aliphatic heterocycles. The number of carbonyl (C=O) groups is 1. The highest BCUT2D eigenvalue weighted by Gasteiger charge is 2.20. The lowest BCUT2D eigenvalue weighted by Crippen LogP contribution is -2.38. The van der Waals surface area contributed by atoms with E-state index in [1.165, 1.54) is 29.5 Å². The van der Waals surface area contributed by atoms with Crippen molar-refractivity contribution in [2.45, 2.75) is 58.6 Å². The molecule has 2 aromatic rings. The molecule has 0 bridgehead atoms. The first-order valence-electron chi connectivity index (χ1n) is 9.19. The predicted molar refractivity (Wildman–Crippen MR) is 101 cm³/mol. The minimum Gasteiger partial charge on any atom is -0.481 e. The van der Waals surface area contributed by atoms with Gasteiger partial charge in [-0.2, -0.15) is 0 Å². The summed E-state index contributed by atoms with van der Waals surface area (Å²) in [6.07, 6.45) is 4.07. The molecular formula is C22H27NO2. The van der Waals surface area contributed by atoms with E-state index in [1.54, 1.807) is 0 Å². The van der Waals surface area contributed by atoms with Crippen molar-refractivity contribution in [1.29, 1.82) is 0 Å². The molecule has 3 nitrogen and oxygen atoms in total. The third kappa shape index (κ3) is 4.22. The van der Waals surface area contributed by atoms with E-state index in [2.05, 4.69) is 42.6 Å². The molecular weight excluding hydrogens is 310 g/mol. The molecule has 0 aromatic heterocycles. The summed E-state index contributed by atoms with van der Waals surface area (Å²) in [5.74, 6) is 0.782. The summed E-state index contributed by atoms with van der Waals surface area (Å²) >= 11 is 0. The first-order valence-corrected chi connectivity index (χ1v) is 9.19. The highest BCUT2D eigenvalue weighted by Crippen LogP contribution is 2.30. The van der Waals surface area contributed by atoms with E-state index < -0.39 is 6.10 Å². The van der Waals surface area contributed by atoms with E-state index in [-0.39, 0.29) is 11.9 Å². The van der Waals surface area contributed by atoms with Crippen LogP contribution in [0.15, 0.2) is 42.5 Å². The van der Waals surface area contributed by atoms with Crippen LogP contribution in [-0.2, 0) is 17.6 Å². The molecule has 0 saturated carbocycles. The maximum atomic E-state index is 12.5. The number of amides is 1. The summed E-state index contributed by atoms with van der Waals surface area (Å²) in [6.45, 7) is 5.88. The Morgan fingerprint density at radius 1 is 1.04 bits per heavy atom. The Bertz CT molecular complexity index is 736. The summed E-state index contributed by atoms with van der Waals surface area (Å²) in [4.78, 5) is 12.5. The first kappa shape index (κ1) is 17.5. The SMILES string of the molecule is Cc1ccc([C@@H](C)NC(=O)[C@H](C)Oc2cccc3c2CCCC3)cc1. The van der Waals surface area contributed by atoms with Crippen molar-refractivity contribution in [1.82, 2.24) is 5.32 Å². The van der Waals surface area contributed by atoms with Gasteiger partial charge >= 0.3 is 0 Å². The molecule has 1 amide bonds. The minimum atomic E-state index is -0.513. The molecule has 2 aromatic carbocycles. The number of carbonyl (C=O) groups excluding carboxylic acids is 1. The lowest BCUT2D eigenvalue weighted by molar-refractivity contribution is -0.127. The van der Waals surface area contributed by atoms with Gasteiger partial charge in [0.15, 0.2) is 6.10 Å². The van der Waals surface area contributed by atoms with Crippen molar-refractivity contribution in [3.05, 3.63) is 64.7 Å². The largest absolute Gasteiger partial charge is 0.481 e. The first-order chi connectivity index (χ1) is 12.0. The van der Waals surface area contributed by atoms with Crippen LogP contribution in [0, 0.1) is 6.92 Å². The molecule has 3 rings (SSSR count). The zero-order valence-corrected chi connectivity index (χ0v) is 15.3. The highest BCUT2D eigenvalue weighted by atomic mass is 16.5. The average molecular weight is 337 g/mol. The van der Waals surface area contributed by atoms with Crippen LogP contribution >= 0.6 is 0 Å². The highest BCUT2D eigenvalue weighted by molar-refractivity contribution is 5.81. The topological polar surface area (TPSA) is 38.3 Å². The molecule has 3 heteroatoms. The number of aryl methyl sites for hydroxylation is 2. The average Bonchev–Trinajstić information content (AvgIpc) is 2.62. The van der Waals surface area contributed by atoms with Gasteiger partial charge in [-0.25, -0.2) is 0 Å². The molecule has 0 heterocycles. The van der Waals surface area contributed by atoms with Crippen molar-refractivity contribution in [2.75, 3.05) is 0 Å². The molecule has 0 saturated heterocycles. The monoisotopic (exact) mass is 337 g/mol. The van der Waals surface area contributed by atoms with Gasteiger partial charge in [-0.05, 0) is 69.2 Å². The normalized spacial score (nSPS) is 15.8. The van der Waals surface area contributed by atoms with E-state index in [4.69, 9.17) is 4.74 Å². The van der Waals surface area contributed by atoms with Crippen LogP contribution in [0.1, 0.15) is 55.0 Å². The quantitative estimate of drug-likeness (QED) is 0.871. The van der Waals surface area contributed by atoms with Crippen molar-refractivity contribution < 1.29 is 9.53 Å². The summed E-state index contributed by atoms with van der Waals surface area (Å²) in [6, 6.07) is 14.4. The van der Waals surface area contributed by atoms with Crippen LogP contribution in [0.4, 0.5) is 0 Å². The van der Waals surface area contributed by atoms with Gasteiger partial charge in [0.05, 0.1) is 6.04 Å². The van der Waals surface area contributed by atoms with E-state index in [0.29, 0.717) is 0 Å². The summed E-state index contributed by atoms with van der Waals surface area (Å²) < 4.78 is 6.02. The minimum absolute atomic E-state index is 0.0381. The molecule has 132 valence electrons. The van der Waals surface area contributed by atoms with Gasteiger partial charge in [-0.3, -0.25) is 4.79 Å². The standard InChI is InChI=1S/C22H27NO2/c1-15-11-13-18(14-12-15)16(2)23-22(24)17(3)25-21-10-6-8-19-7-4-5-9-20(19)21/h6,8,10-14,16-17H,4-5,7,9H2,1-3H3,(H,23,24)/t16-,17+/m1/s1. The number of hydrogen-bond acceptors (Lipinski definition) is 2. The molecule has 0 fully saturated rings. The van der Waals surface area contributed by atoms with Crippen molar-refractivity contribution in [3.63, 3.8) is 0 Å². The summed E-state index contributed by atoms with van der Waals surface area (Å²) in [7, 11) is 0. The maximum absolute atomic E-state index is 12.5. The number of ether oxygens (including phenoxy) is 1. The van der Waals surface area contributed by atoms with E-state index >= 15 is 0 Å². The van der Waals surface area contributed by atoms with Crippen LogP contribution < -0.4 is 10.1 Å². The molecule has 2 atom stereocenters. The predicted octanol–water partition coefficient (Wildman–Crippen LogP) is 4.52. The molecule has 1 aliphatic carbocycles. The third-order valence-corrected chi connectivity index (χ3v) is 4.96. The molecule has 0 spiro atoms. The Morgan fingerprint density at radius 2 is 1.76 bits per heavy atom. The van der Waals surface area contributed by atoms with Crippen LogP contribution in [0.5, 0.6) is 5.75 Å². The molecule has 1 aliphatic rings. The van der Waals surface area contributed by atoms with Gasteiger partial charge in [0.25, 0.3) is 5.91 Å². The molecule has 0 radical (unpaired) electrons. The second kappa shape index (κ2) is 7.73. The van der Waals surface area contributed by atoms with Crippen LogP contribution in [-0.4, -0.2) is 12.0 Å². The van der Waals surface area contributed by atoms with Gasteiger partial charge in [0.1, 0.15) is 5.75 Å². The van der Waals surface area contributed by atoms with E-state index in [0.717, 1.165) is 24.2 Å². The zero-order chi connectivity index (χ0) is 17.8. The van der Waals surface area contributed by atoms with Crippen molar-refractivity contribution >= 4 is 5.91 Å². The Morgan fingerprint density at radius 3 is 2.52 bits per heavy atom. The molecule has 0 unspecified atom stereocenters. The smallest absolute Gasteiger partial charge is 0.261 e. The van der Waals surface area contributed by atoms with Gasteiger partial charge in [0.2, 0.25) is 0 Å². The lowest BCUT2D eigenvalue weighted by Gasteiger charge is -2.23. The van der Waals surface area contributed by atoms with Crippen LogP contribution in [0.3, 0.4) is 0 Å². The number of rotatable bonds is 5. The number of nitrogens with one attached hydrogen (secondary N) is 1. The van der Waals surface area contributed by atoms with Gasteiger partial charge < -0.3 is 10.1 Å². The molecule has 25 heavy (non-hydrogen) atoms. The number of benzene rings is 2. The van der Waals surface area contributed by atoms with Crippen molar-refractivity contribution in [2.24, 2.45) is 0 Å².